The standard InChI is InChI=1S/C23H39N2.HI/c1-3-4-5-6-7-8-9-10-11-17-25-18-12-13-21-22(25)15-14-20-16-19-24(2)23(20)21;/h12-13,18,20,23H,3-11,14-17,19H2,1-2H3;1H/q+1;/p-1/t20-,23+;/m1./s1. The molecule has 2 aliphatic rings. The molecule has 0 unspecified atom stereocenters. The third-order valence-corrected chi connectivity index (χ3v) is 6.57. The number of nitrogens with zero attached hydrogens (tertiary/aromatic N) is 2. The molecule has 2 nitrogen and oxygen atoms in total. The van der Waals surface area contributed by atoms with E-state index in [1.807, 2.05) is 0 Å². The lowest BCUT2D eigenvalue weighted by molar-refractivity contribution is -0.705. The van der Waals surface area contributed by atoms with Crippen LogP contribution >= 0.6 is 0 Å². The van der Waals surface area contributed by atoms with Crippen molar-refractivity contribution in [3.63, 3.8) is 0 Å². The number of fused-ring (bicyclic) bond motifs is 3. The Kier molecular flexibility index (Phi) is 9.90. The van der Waals surface area contributed by atoms with Gasteiger partial charge in [0, 0.05) is 30.5 Å². The molecule has 1 saturated heterocycles. The van der Waals surface area contributed by atoms with Crippen molar-refractivity contribution >= 4 is 0 Å². The van der Waals surface area contributed by atoms with Crippen molar-refractivity contribution in [1.82, 2.24) is 4.90 Å². The highest BCUT2D eigenvalue weighted by Gasteiger charge is 2.40. The maximum Gasteiger partial charge on any atom is 0.186 e. The molecule has 0 saturated carbocycles. The Morgan fingerprint density at radius 2 is 1.69 bits per heavy atom. The van der Waals surface area contributed by atoms with Crippen LogP contribution in [0.15, 0.2) is 18.3 Å². The first kappa shape index (κ1) is 22.1. The molecule has 1 fully saturated rings. The summed E-state index contributed by atoms with van der Waals surface area (Å²) < 4.78 is 2.58. The molecule has 1 aliphatic carbocycles. The fraction of sp³-hybridized carbons (Fsp3) is 0.783. The molecule has 3 rings (SSSR count). The van der Waals surface area contributed by atoms with E-state index in [-0.39, 0.29) is 24.0 Å². The molecular weight excluding hydrogens is 431 g/mol. The van der Waals surface area contributed by atoms with Crippen LogP contribution in [0.3, 0.4) is 0 Å². The number of pyridine rings is 1. The van der Waals surface area contributed by atoms with Crippen molar-refractivity contribution in [1.29, 1.82) is 0 Å². The summed E-state index contributed by atoms with van der Waals surface area (Å²) in [6, 6.07) is 5.39. The second-order valence-electron chi connectivity index (χ2n) is 8.44. The minimum atomic E-state index is 0. The first-order valence-electron chi connectivity index (χ1n) is 11.0. The molecule has 0 spiro atoms. The number of rotatable bonds is 10. The van der Waals surface area contributed by atoms with Gasteiger partial charge in [0.2, 0.25) is 0 Å². The summed E-state index contributed by atoms with van der Waals surface area (Å²) in [5.74, 6) is 0.904. The van der Waals surface area contributed by atoms with Crippen LogP contribution < -0.4 is 28.5 Å². The molecule has 148 valence electrons. The van der Waals surface area contributed by atoms with Crippen LogP contribution in [0.5, 0.6) is 0 Å². The average Bonchev–Trinajstić information content (AvgIpc) is 3.02. The summed E-state index contributed by atoms with van der Waals surface area (Å²) in [5, 5.41) is 0. The molecule has 2 atom stereocenters. The summed E-state index contributed by atoms with van der Waals surface area (Å²) in [6.45, 7) is 4.80. The van der Waals surface area contributed by atoms with Gasteiger partial charge in [0.15, 0.2) is 11.9 Å². The molecular formula is C23H39IN2. The Hall–Kier alpha value is -0.160. The number of halogens is 1. The summed E-state index contributed by atoms with van der Waals surface area (Å²) in [5.41, 5.74) is 3.27. The van der Waals surface area contributed by atoms with E-state index in [1.165, 1.54) is 90.1 Å². The van der Waals surface area contributed by atoms with Crippen LogP contribution in [0.25, 0.3) is 0 Å². The predicted octanol–water partition coefficient (Wildman–Crippen LogP) is 2.45. The Bertz CT molecular complexity index is 531. The number of aryl methyl sites for hydroxylation is 1. The van der Waals surface area contributed by atoms with Gasteiger partial charge in [-0.2, -0.15) is 0 Å². The lowest BCUT2D eigenvalue weighted by Crippen LogP contribution is -3.00. The maximum atomic E-state index is 2.59. The van der Waals surface area contributed by atoms with Gasteiger partial charge in [0.1, 0.15) is 6.54 Å². The summed E-state index contributed by atoms with van der Waals surface area (Å²) in [6.07, 6.45) is 19.1. The van der Waals surface area contributed by atoms with Gasteiger partial charge in [-0.25, -0.2) is 4.57 Å². The second-order valence-corrected chi connectivity index (χ2v) is 8.44. The smallest absolute Gasteiger partial charge is 0.186 e. The van der Waals surface area contributed by atoms with Crippen molar-refractivity contribution in [3.05, 3.63) is 29.6 Å². The van der Waals surface area contributed by atoms with E-state index in [0.29, 0.717) is 6.04 Å². The van der Waals surface area contributed by atoms with Crippen molar-refractivity contribution in [2.75, 3.05) is 13.6 Å². The van der Waals surface area contributed by atoms with Crippen molar-refractivity contribution < 1.29 is 28.5 Å². The molecule has 1 aromatic heterocycles. The maximum absolute atomic E-state index is 2.59. The van der Waals surface area contributed by atoms with Crippen LogP contribution in [-0.4, -0.2) is 18.5 Å². The lowest BCUT2D eigenvalue weighted by atomic mass is 9.82. The highest BCUT2D eigenvalue weighted by Crippen LogP contribution is 2.42. The fourth-order valence-corrected chi connectivity index (χ4v) is 5.10. The monoisotopic (exact) mass is 470 g/mol. The van der Waals surface area contributed by atoms with E-state index in [1.54, 1.807) is 11.3 Å². The molecule has 0 N–H and O–H groups in total. The zero-order valence-electron chi connectivity index (χ0n) is 17.1. The molecule has 1 aliphatic heterocycles. The Balaban J connectivity index is 0.00000243. The largest absolute Gasteiger partial charge is 1.00 e. The molecule has 0 radical (unpaired) electrons. The van der Waals surface area contributed by atoms with Gasteiger partial charge in [0.25, 0.3) is 0 Å². The molecule has 0 bridgehead atoms. The van der Waals surface area contributed by atoms with Gasteiger partial charge in [-0.1, -0.05) is 51.9 Å². The lowest BCUT2D eigenvalue weighted by Gasteiger charge is -2.30. The average molecular weight is 470 g/mol. The van der Waals surface area contributed by atoms with Gasteiger partial charge in [-0.3, -0.25) is 4.90 Å². The van der Waals surface area contributed by atoms with Crippen LogP contribution in [-0.2, 0) is 13.0 Å². The first-order chi connectivity index (χ1) is 12.3. The first-order valence-corrected chi connectivity index (χ1v) is 11.0. The van der Waals surface area contributed by atoms with Crippen LogP contribution in [0, 0.1) is 5.92 Å². The fourth-order valence-electron chi connectivity index (χ4n) is 5.10. The molecule has 2 heterocycles. The van der Waals surface area contributed by atoms with Crippen LogP contribution in [0.1, 0.15) is 94.9 Å². The topological polar surface area (TPSA) is 7.12 Å². The number of hydrogen-bond donors (Lipinski definition) is 0. The summed E-state index contributed by atoms with van der Waals surface area (Å²) in [7, 11) is 2.32. The van der Waals surface area contributed by atoms with E-state index in [4.69, 9.17) is 0 Å². The Morgan fingerprint density at radius 3 is 2.42 bits per heavy atom. The SMILES string of the molecule is CCCCCCCCCCC[n+]1cccc2c1CC[C@@H]1CCN(C)[C@H]21.[I-]. The van der Waals surface area contributed by atoms with Crippen molar-refractivity contribution in [2.45, 2.75) is 96.6 Å². The molecule has 3 heteroatoms. The second kappa shape index (κ2) is 11.6. The zero-order chi connectivity index (χ0) is 17.5. The predicted molar refractivity (Wildman–Crippen MR) is 106 cm³/mol. The van der Waals surface area contributed by atoms with Crippen LogP contribution in [0.2, 0.25) is 0 Å². The van der Waals surface area contributed by atoms with Crippen LogP contribution in [0.4, 0.5) is 0 Å². The van der Waals surface area contributed by atoms with Crippen molar-refractivity contribution in [2.24, 2.45) is 5.92 Å². The normalized spacial score (nSPS) is 21.9. The Labute approximate surface area is 178 Å². The highest BCUT2D eigenvalue weighted by atomic mass is 127. The van der Waals surface area contributed by atoms with Gasteiger partial charge >= 0.3 is 0 Å². The summed E-state index contributed by atoms with van der Waals surface area (Å²) in [4.78, 5) is 2.59. The van der Waals surface area contributed by atoms with E-state index in [2.05, 4.69) is 41.8 Å². The number of likely N-dealkylation sites (tertiary alicyclic amines) is 1. The third kappa shape index (κ3) is 5.67. The quantitative estimate of drug-likeness (QED) is 0.290. The van der Waals surface area contributed by atoms with Gasteiger partial charge < -0.3 is 24.0 Å². The third-order valence-electron chi connectivity index (χ3n) is 6.57. The molecule has 1 aromatic rings. The number of aromatic nitrogens is 1. The molecule has 26 heavy (non-hydrogen) atoms. The Morgan fingerprint density at radius 1 is 1.00 bits per heavy atom. The summed E-state index contributed by atoms with van der Waals surface area (Å²) >= 11 is 0. The highest BCUT2D eigenvalue weighted by molar-refractivity contribution is 5.25. The molecule has 0 aromatic carbocycles. The minimum absolute atomic E-state index is 0. The van der Waals surface area contributed by atoms with E-state index in [0.717, 1.165) is 5.92 Å². The zero-order valence-corrected chi connectivity index (χ0v) is 19.2. The van der Waals surface area contributed by atoms with Gasteiger partial charge in [0.05, 0.1) is 0 Å². The van der Waals surface area contributed by atoms with E-state index >= 15 is 0 Å². The van der Waals surface area contributed by atoms with Crippen molar-refractivity contribution in [3.8, 4) is 0 Å². The molecule has 0 amide bonds. The van der Waals surface area contributed by atoms with Gasteiger partial charge in [-0.15, -0.1) is 0 Å². The van der Waals surface area contributed by atoms with Gasteiger partial charge in [-0.05, 0) is 44.8 Å². The van der Waals surface area contributed by atoms with E-state index < -0.39 is 0 Å². The number of unbranched alkanes of at least 4 members (excludes halogenated alkanes) is 8. The van der Waals surface area contributed by atoms with E-state index in [9.17, 15) is 0 Å². The minimum Gasteiger partial charge on any atom is -1.00 e. The number of hydrogen-bond acceptors (Lipinski definition) is 1.